The Morgan fingerprint density at radius 1 is 1.10 bits per heavy atom. The minimum absolute atomic E-state index is 0.211. The maximum absolute atomic E-state index is 12.6. The number of ether oxygens (including phenoxy) is 1. The highest BCUT2D eigenvalue weighted by Crippen LogP contribution is 2.24. The second-order valence-corrected chi connectivity index (χ2v) is 7.38. The van der Waals surface area contributed by atoms with Gasteiger partial charge >= 0.3 is 0 Å². The predicted octanol–water partition coefficient (Wildman–Crippen LogP) is 2.99. The fraction of sp³-hybridized carbons (Fsp3) is 0.364. The van der Waals surface area contributed by atoms with Crippen LogP contribution in [0.4, 0.5) is 5.69 Å². The molecule has 150 valence electrons. The third-order valence-corrected chi connectivity index (χ3v) is 5.26. The number of imide groups is 1. The van der Waals surface area contributed by atoms with Gasteiger partial charge in [0.05, 0.1) is 5.69 Å². The Kier molecular flexibility index (Phi) is 5.55. The van der Waals surface area contributed by atoms with Gasteiger partial charge in [-0.3, -0.25) is 19.3 Å². The van der Waals surface area contributed by atoms with Crippen molar-refractivity contribution in [2.45, 2.75) is 51.2 Å². The summed E-state index contributed by atoms with van der Waals surface area (Å²) in [6.45, 7) is 0.328. The fourth-order valence-corrected chi connectivity index (χ4v) is 3.74. The van der Waals surface area contributed by atoms with E-state index < -0.39 is 0 Å². The number of hydrogen-bond donors (Lipinski definition) is 1. The van der Waals surface area contributed by atoms with Crippen molar-refractivity contribution in [1.82, 2.24) is 10.3 Å². The maximum Gasteiger partial charge on any atom is 0.251 e. The van der Waals surface area contributed by atoms with Gasteiger partial charge < -0.3 is 10.1 Å². The molecule has 2 heterocycles. The van der Waals surface area contributed by atoms with E-state index in [1.807, 2.05) is 12.1 Å². The molecule has 1 N–H and O–H groups in total. The highest BCUT2D eigenvalue weighted by Gasteiger charge is 2.30. The molecule has 29 heavy (non-hydrogen) atoms. The van der Waals surface area contributed by atoms with E-state index in [1.165, 1.54) is 12.8 Å². The summed E-state index contributed by atoms with van der Waals surface area (Å²) in [4.78, 5) is 41.8. The largest absolute Gasteiger partial charge is 0.474 e. The predicted molar refractivity (Wildman–Crippen MR) is 106 cm³/mol. The Hall–Kier alpha value is -3.22. The zero-order valence-corrected chi connectivity index (χ0v) is 16.1. The zero-order valence-electron chi connectivity index (χ0n) is 16.1. The lowest BCUT2D eigenvalue weighted by Crippen LogP contribution is -2.29. The number of nitrogens with one attached hydrogen (secondary N) is 1. The van der Waals surface area contributed by atoms with Crippen molar-refractivity contribution in [2.75, 3.05) is 4.90 Å². The molecule has 1 aliphatic carbocycles. The number of pyridine rings is 1. The van der Waals surface area contributed by atoms with E-state index in [9.17, 15) is 14.4 Å². The van der Waals surface area contributed by atoms with Crippen LogP contribution in [-0.4, -0.2) is 28.8 Å². The van der Waals surface area contributed by atoms with E-state index in [0.29, 0.717) is 23.7 Å². The lowest BCUT2D eigenvalue weighted by molar-refractivity contribution is -0.121. The average molecular weight is 393 g/mol. The van der Waals surface area contributed by atoms with Crippen molar-refractivity contribution in [2.24, 2.45) is 0 Å². The first-order chi connectivity index (χ1) is 14.1. The summed E-state index contributed by atoms with van der Waals surface area (Å²) in [6, 6.07) is 10.2. The molecule has 0 atom stereocenters. The summed E-state index contributed by atoms with van der Waals surface area (Å²) >= 11 is 0. The summed E-state index contributed by atoms with van der Waals surface area (Å²) in [7, 11) is 0. The van der Waals surface area contributed by atoms with Crippen LogP contribution in [0.1, 0.15) is 54.4 Å². The maximum atomic E-state index is 12.6. The van der Waals surface area contributed by atoms with Gasteiger partial charge in [-0.25, -0.2) is 4.98 Å². The minimum Gasteiger partial charge on any atom is -0.474 e. The number of anilines is 1. The van der Waals surface area contributed by atoms with Crippen molar-refractivity contribution < 1.29 is 19.1 Å². The van der Waals surface area contributed by atoms with E-state index in [4.69, 9.17) is 4.74 Å². The quantitative estimate of drug-likeness (QED) is 0.762. The molecule has 2 aromatic rings. The second-order valence-electron chi connectivity index (χ2n) is 7.38. The van der Waals surface area contributed by atoms with Crippen LogP contribution >= 0.6 is 0 Å². The Balaban J connectivity index is 1.39. The molecule has 0 bridgehead atoms. The number of carbonyl (C=O) groups is 3. The number of amides is 3. The Morgan fingerprint density at radius 3 is 2.62 bits per heavy atom. The third kappa shape index (κ3) is 4.45. The lowest BCUT2D eigenvalue weighted by Gasteiger charge is -2.15. The van der Waals surface area contributed by atoms with Gasteiger partial charge in [-0.05, 0) is 55.5 Å². The molecular weight excluding hydrogens is 370 g/mol. The topological polar surface area (TPSA) is 88.6 Å². The molecule has 7 nitrogen and oxygen atoms in total. The van der Waals surface area contributed by atoms with E-state index >= 15 is 0 Å². The van der Waals surface area contributed by atoms with Gasteiger partial charge in [-0.2, -0.15) is 0 Å². The van der Waals surface area contributed by atoms with Crippen LogP contribution in [0.3, 0.4) is 0 Å². The van der Waals surface area contributed by atoms with Crippen molar-refractivity contribution in [3.05, 3.63) is 53.7 Å². The fourth-order valence-electron chi connectivity index (χ4n) is 3.74. The zero-order chi connectivity index (χ0) is 20.2. The van der Waals surface area contributed by atoms with Gasteiger partial charge in [0, 0.05) is 37.2 Å². The molecule has 1 aliphatic heterocycles. The SMILES string of the molecule is O=C(NCc1ccnc(OC2CCCC2)c1)c1cccc(N2C(=O)CCC2=O)c1. The van der Waals surface area contributed by atoms with Gasteiger partial charge in [-0.1, -0.05) is 6.07 Å². The summed E-state index contributed by atoms with van der Waals surface area (Å²) in [5.41, 5.74) is 1.72. The Morgan fingerprint density at radius 2 is 1.86 bits per heavy atom. The van der Waals surface area contributed by atoms with Crippen LogP contribution in [0.25, 0.3) is 0 Å². The number of nitrogens with zero attached hydrogens (tertiary/aromatic N) is 2. The molecule has 1 saturated heterocycles. The van der Waals surface area contributed by atoms with Crippen LogP contribution < -0.4 is 15.0 Å². The molecule has 0 radical (unpaired) electrons. The van der Waals surface area contributed by atoms with E-state index in [-0.39, 0.29) is 36.7 Å². The molecule has 2 fully saturated rings. The van der Waals surface area contributed by atoms with Gasteiger partial charge in [-0.15, -0.1) is 0 Å². The molecular formula is C22H23N3O4. The van der Waals surface area contributed by atoms with Crippen molar-refractivity contribution in [3.8, 4) is 5.88 Å². The molecule has 4 rings (SSSR count). The number of carbonyl (C=O) groups excluding carboxylic acids is 3. The van der Waals surface area contributed by atoms with E-state index in [0.717, 1.165) is 23.3 Å². The normalized spacial score (nSPS) is 17.0. The molecule has 0 spiro atoms. The van der Waals surface area contributed by atoms with E-state index in [2.05, 4.69) is 10.3 Å². The summed E-state index contributed by atoms with van der Waals surface area (Å²) in [5, 5.41) is 2.87. The third-order valence-electron chi connectivity index (χ3n) is 5.26. The first-order valence-electron chi connectivity index (χ1n) is 9.96. The van der Waals surface area contributed by atoms with Crippen LogP contribution in [0.2, 0.25) is 0 Å². The minimum atomic E-state index is -0.277. The molecule has 7 heteroatoms. The monoisotopic (exact) mass is 393 g/mol. The van der Waals surface area contributed by atoms with Crippen molar-refractivity contribution in [1.29, 1.82) is 0 Å². The smallest absolute Gasteiger partial charge is 0.251 e. The van der Waals surface area contributed by atoms with Crippen LogP contribution in [0.15, 0.2) is 42.6 Å². The van der Waals surface area contributed by atoms with Gasteiger partial charge in [0.1, 0.15) is 6.10 Å². The summed E-state index contributed by atoms with van der Waals surface area (Å²) in [6.07, 6.45) is 6.82. The Bertz CT molecular complexity index is 921. The molecule has 1 aromatic carbocycles. The number of hydrogen-bond acceptors (Lipinski definition) is 5. The first kappa shape index (κ1) is 19.1. The molecule has 0 unspecified atom stereocenters. The second kappa shape index (κ2) is 8.43. The first-order valence-corrected chi connectivity index (χ1v) is 9.96. The van der Waals surface area contributed by atoms with Gasteiger partial charge in [0.2, 0.25) is 17.7 Å². The highest BCUT2D eigenvalue weighted by atomic mass is 16.5. The van der Waals surface area contributed by atoms with Crippen LogP contribution in [-0.2, 0) is 16.1 Å². The molecule has 1 aromatic heterocycles. The molecule has 1 saturated carbocycles. The molecule has 3 amide bonds. The van der Waals surface area contributed by atoms with Crippen LogP contribution in [0, 0.1) is 0 Å². The molecule has 2 aliphatic rings. The van der Waals surface area contributed by atoms with Crippen LogP contribution in [0.5, 0.6) is 5.88 Å². The van der Waals surface area contributed by atoms with Crippen molar-refractivity contribution in [3.63, 3.8) is 0 Å². The summed E-state index contributed by atoms with van der Waals surface area (Å²) < 4.78 is 5.91. The number of aromatic nitrogens is 1. The summed E-state index contributed by atoms with van der Waals surface area (Å²) in [5.74, 6) is -0.170. The number of rotatable bonds is 6. The highest BCUT2D eigenvalue weighted by molar-refractivity contribution is 6.20. The lowest BCUT2D eigenvalue weighted by atomic mass is 10.1. The standard InChI is InChI=1S/C22H23N3O4/c26-20-8-9-21(27)25(20)17-5-3-4-16(13-17)22(28)24-14-15-10-11-23-19(12-15)29-18-6-1-2-7-18/h3-5,10-13,18H,1-2,6-9,14H2,(H,24,28). The van der Waals surface area contributed by atoms with Crippen molar-refractivity contribution >= 4 is 23.4 Å². The van der Waals surface area contributed by atoms with E-state index in [1.54, 1.807) is 30.5 Å². The van der Waals surface area contributed by atoms with Gasteiger partial charge in [0.15, 0.2) is 0 Å². The van der Waals surface area contributed by atoms with Gasteiger partial charge in [0.25, 0.3) is 5.91 Å². The Labute approximate surface area is 169 Å². The average Bonchev–Trinajstić information content (AvgIpc) is 3.36. The number of benzene rings is 1.